The van der Waals surface area contributed by atoms with Crippen molar-refractivity contribution in [2.24, 2.45) is 0 Å². The van der Waals surface area contributed by atoms with E-state index in [-0.39, 0.29) is 5.78 Å². The molecule has 0 saturated carbocycles. The molecule has 4 aromatic rings. The standard InChI is InChI=1S/C29H24Cl2OS2/c1-28(21-9-5-3-6-10-21,33-25-17-13-23(30)14-18-25)27(32)29(2,22-11-7-4-8-12-22)34-26-19-15-24(31)16-20-26/h3-20H,1-2H3. The Balaban J connectivity index is 1.84. The van der Waals surface area contributed by atoms with Gasteiger partial charge in [-0.05, 0) is 73.5 Å². The lowest BCUT2D eigenvalue weighted by molar-refractivity contribution is -0.123. The predicted octanol–water partition coefficient (Wildman–Crippen LogP) is 9.28. The van der Waals surface area contributed by atoms with E-state index in [1.165, 1.54) is 0 Å². The van der Waals surface area contributed by atoms with Crippen LogP contribution in [-0.4, -0.2) is 5.78 Å². The molecule has 172 valence electrons. The van der Waals surface area contributed by atoms with E-state index in [4.69, 9.17) is 23.2 Å². The summed E-state index contributed by atoms with van der Waals surface area (Å²) in [5, 5.41) is 1.34. The van der Waals surface area contributed by atoms with E-state index in [0.717, 1.165) is 20.9 Å². The highest BCUT2D eigenvalue weighted by Crippen LogP contribution is 2.52. The summed E-state index contributed by atoms with van der Waals surface area (Å²) in [7, 11) is 0. The summed E-state index contributed by atoms with van der Waals surface area (Å²) < 4.78 is -1.70. The molecule has 2 atom stereocenters. The monoisotopic (exact) mass is 522 g/mol. The lowest BCUT2D eigenvalue weighted by Crippen LogP contribution is -2.42. The van der Waals surface area contributed by atoms with Gasteiger partial charge < -0.3 is 0 Å². The van der Waals surface area contributed by atoms with Crippen LogP contribution < -0.4 is 0 Å². The maximum atomic E-state index is 14.7. The number of carbonyl (C=O) groups excluding carboxylic acids is 1. The van der Waals surface area contributed by atoms with Gasteiger partial charge in [0, 0.05) is 19.8 Å². The Kier molecular flexibility index (Phi) is 7.79. The molecule has 0 radical (unpaired) electrons. The van der Waals surface area contributed by atoms with Crippen molar-refractivity contribution in [2.45, 2.75) is 33.1 Å². The molecular weight excluding hydrogens is 499 g/mol. The van der Waals surface area contributed by atoms with Crippen molar-refractivity contribution < 1.29 is 4.79 Å². The Hall–Kier alpha value is -2.17. The van der Waals surface area contributed by atoms with Gasteiger partial charge >= 0.3 is 0 Å². The zero-order valence-electron chi connectivity index (χ0n) is 18.9. The fraction of sp³-hybridized carbons (Fsp3) is 0.138. The molecule has 0 aliphatic heterocycles. The van der Waals surface area contributed by atoms with Crippen molar-refractivity contribution in [3.8, 4) is 0 Å². The van der Waals surface area contributed by atoms with Crippen LogP contribution in [0.15, 0.2) is 119 Å². The van der Waals surface area contributed by atoms with E-state index in [1.807, 2.05) is 123 Å². The number of Topliss-reactive ketones (excluding diaryl/α,β-unsaturated/α-hetero) is 1. The van der Waals surface area contributed by atoms with Crippen LogP contribution in [0.2, 0.25) is 10.0 Å². The second-order valence-corrected chi connectivity index (χ2v) is 12.1. The zero-order chi connectivity index (χ0) is 24.2. The molecule has 0 aliphatic rings. The molecule has 1 nitrogen and oxygen atoms in total. The lowest BCUT2D eigenvalue weighted by atomic mass is 9.84. The van der Waals surface area contributed by atoms with Crippen molar-refractivity contribution >= 4 is 52.5 Å². The minimum Gasteiger partial charge on any atom is -0.296 e. The largest absolute Gasteiger partial charge is 0.296 e. The molecule has 0 N–H and O–H groups in total. The molecule has 34 heavy (non-hydrogen) atoms. The second-order valence-electron chi connectivity index (χ2n) is 8.24. The van der Waals surface area contributed by atoms with Crippen molar-refractivity contribution in [2.75, 3.05) is 0 Å². The van der Waals surface area contributed by atoms with Crippen LogP contribution in [0.1, 0.15) is 25.0 Å². The maximum absolute atomic E-state index is 14.7. The highest BCUT2D eigenvalue weighted by molar-refractivity contribution is 8.02. The molecule has 4 rings (SSSR count). The summed E-state index contributed by atoms with van der Waals surface area (Å²) in [4.78, 5) is 16.7. The average Bonchev–Trinajstić information content (AvgIpc) is 2.87. The van der Waals surface area contributed by atoms with E-state index in [2.05, 4.69) is 0 Å². The SMILES string of the molecule is CC(Sc1ccc(Cl)cc1)(C(=O)C(C)(Sc1ccc(Cl)cc1)c1ccccc1)c1ccccc1. The van der Waals surface area contributed by atoms with Crippen LogP contribution in [0.5, 0.6) is 0 Å². The molecule has 5 heteroatoms. The predicted molar refractivity (Wildman–Crippen MR) is 147 cm³/mol. The van der Waals surface area contributed by atoms with Crippen molar-refractivity contribution in [1.29, 1.82) is 0 Å². The summed E-state index contributed by atoms with van der Waals surface area (Å²) in [6.07, 6.45) is 0. The Morgan fingerprint density at radius 3 is 1.21 bits per heavy atom. The normalized spacial score (nSPS) is 14.7. The molecule has 0 heterocycles. The lowest BCUT2D eigenvalue weighted by Gasteiger charge is -2.38. The first kappa shape index (κ1) is 24.9. The van der Waals surface area contributed by atoms with Gasteiger partial charge in [0.25, 0.3) is 0 Å². The van der Waals surface area contributed by atoms with Gasteiger partial charge in [0.2, 0.25) is 0 Å². The third-order valence-corrected chi connectivity index (χ3v) is 8.97. The fourth-order valence-electron chi connectivity index (χ4n) is 3.92. The van der Waals surface area contributed by atoms with Gasteiger partial charge in [-0.3, -0.25) is 4.79 Å². The van der Waals surface area contributed by atoms with Crippen LogP contribution in [0.25, 0.3) is 0 Å². The summed E-state index contributed by atoms with van der Waals surface area (Å²) in [5.41, 5.74) is 1.91. The highest BCUT2D eigenvalue weighted by Gasteiger charge is 2.48. The van der Waals surface area contributed by atoms with Crippen LogP contribution in [0.3, 0.4) is 0 Å². The third-order valence-electron chi connectivity index (χ3n) is 5.79. The summed E-state index contributed by atoms with van der Waals surface area (Å²) >= 11 is 15.4. The fourth-order valence-corrected chi connectivity index (χ4v) is 6.82. The van der Waals surface area contributed by atoms with Gasteiger partial charge in [-0.1, -0.05) is 83.9 Å². The third kappa shape index (κ3) is 5.39. The number of thioether (sulfide) groups is 2. The summed E-state index contributed by atoms with van der Waals surface area (Å²) in [6.45, 7) is 4.04. The summed E-state index contributed by atoms with van der Waals surface area (Å²) in [5.74, 6) is 0.109. The van der Waals surface area contributed by atoms with Crippen molar-refractivity contribution in [1.82, 2.24) is 0 Å². The molecular formula is C29H24Cl2OS2. The molecule has 4 aromatic carbocycles. The smallest absolute Gasteiger partial charge is 0.173 e. The van der Waals surface area contributed by atoms with Crippen LogP contribution >= 0.6 is 46.7 Å². The molecule has 0 spiro atoms. The Bertz CT molecular complexity index is 1150. The number of ketones is 1. The molecule has 0 aromatic heterocycles. The van der Waals surface area contributed by atoms with Gasteiger partial charge in [0.1, 0.15) is 9.49 Å². The quantitative estimate of drug-likeness (QED) is 0.214. The van der Waals surface area contributed by atoms with Crippen LogP contribution in [0.4, 0.5) is 0 Å². The van der Waals surface area contributed by atoms with Crippen LogP contribution in [-0.2, 0) is 14.3 Å². The van der Waals surface area contributed by atoms with E-state index >= 15 is 0 Å². The number of halogens is 2. The highest BCUT2D eigenvalue weighted by atomic mass is 35.5. The molecule has 0 saturated heterocycles. The number of hydrogen-bond donors (Lipinski definition) is 0. The maximum Gasteiger partial charge on any atom is 0.173 e. The Morgan fingerprint density at radius 2 is 0.882 bits per heavy atom. The molecule has 0 amide bonds. The van der Waals surface area contributed by atoms with Crippen molar-refractivity contribution in [3.63, 3.8) is 0 Å². The topological polar surface area (TPSA) is 17.1 Å². The van der Waals surface area contributed by atoms with E-state index in [9.17, 15) is 4.79 Å². The first-order valence-electron chi connectivity index (χ1n) is 10.9. The molecule has 0 fully saturated rings. The molecule has 0 aliphatic carbocycles. The van der Waals surface area contributed by atoms with Gasteiger partial charge in [0.15, 0.2) is 5.78 Å². The van der Waals surface area contributed by atoms with Gasteiger partial charge in [-0.25, -0.2) is 0 Å². The van der Waals surface area contributed by atoms with Crippen molar-refractivity contribution in [3.05, 3.63) is 130 Å². The zero-order valence-corrected chi connectivity index (χ0v) is 22.0. The van der Waals surface area contributed by atoms with Gasteiger partial charge in [0.05, 0.1) is 0 Å². The number of carbonyl (C=O) groups is 1. The van der Waals surface area contributed by atoms with E-state index in [1.54, 1.807) is 23.5 Å². The second kappa shape index (κ2) is 10.6. The number of rotatable bonds is 8. The minimum atomic E-state index is -0.848. The Labute approximate surface area is 219 Å². The molecule has 0 bridgehead atoms. The first-order chi connectivity index (χ1) is 16.3. The number of hydrogen-bond acceptors (Lipinski definition) is 3. The van der Waals surface area contributed by atoms with Crippen LogP contribution in [0, 0.1) is 0 Å². The average molecular weight is 524 g/mol. The minimum absolute atomic E-state index is 0.109. The summed E-state index contributed by atoms with van der Waals surface area (Å²) in [6, 6.07) is 35.3. The van der Waals surface area contributed by atoms with E-state index in [0.29, 0.717) is 10.0 Å². The van der Waals surface area contributed by atoms with Gasteiger partial charge in [-0.15, -0.1) is 23.5 Å². The van der Waals surface area contributed by atoms with Gasteiger partial charge in [-0.2, -0.15) is 0 Å². The first-order valence-corrected chi connectivity index (χ1v) is 13.3. The molecule has 2 unspecified atom stereocenters. The number of benzene rings is 4. The van der Waals surface area contributed by atoms with E-state index < -0.39 is 9.49 Å². The Morgan fingerprint density at radius 1 is 0.559 bits per heavy atom.